The van der Waals surface area contributed by atoms with E-state index in [1.807, 2.05) is 30.5 Å². The van der Waals surface area contributed by atoms with Gasteiger partial charge in [0.2, 0.25) is 0 Å². The van der Waals surface area contributed by atoms with Crippen molar-refractivity contribution < 1.29 is 9.53 Å². The lowest BCUT2D eigenvalue weighted by Gasteiger charge is -2.42. The van der Waals surface area contributed by atoms with Gasteiger partial charge in [-0.05, 0) is 79.8 Å². The third-order valence-electron chi connectivity index (χ3n) is 7.89. The van der Waals surface area contributed by atoms with E-state index in [9.17, 15) is 4.79 Å². The van der Waals surface area contributed by atoms with Crippen molar-refractivity contribution >= 4 is 16.9 Å². The van der Waals surface area contributed by atoms with Crippen LogP contribution in [-0.4, -0.2) is 39.6 Å². The number of carbonyl (C=O) groups is 1. The van der Waals surface area contributed by atoms with Gasteiger partial charge in [0.15, 0.2) is 0 Å². The molecule has 0 aliphatic heterocycles. The van der Waals surface area contributed by atoms with Crippen molar-refractivity contribution in [3.8, 4) is 5.75 Å². The first-order valence-electron chi connectivity index (χ1n) is 12.9. The highest BCUT2D eigenvalue weighted by molar-refractivity contribution is 5.97. The number of hydrogen-bond acceptors (Lipinski definition) is 3. The third kappa shape index (κ3) is 4.57. The zero-order valence-electron chi connectivity index (χ0n) is 20.7. The summed E-state index contributed by atoms with van der Waals surface area (Å²) in [7, 11) is 1.68. The number of fused-ring (bicyclic) bond motifs is 1. The van der Waals surface area contributed by atoms with Gasteiger partial charge in [-0.1, -0.05) is 32.8 Å². The zero-order valence-corrected chi connectivity index (χ0v) is 20.7. The fourth-order valence-corrected chi connectivity index (χ4v) is 6.45. The molecule has 1 aromatic carbocycles. The summed E-state index contributed by atoms with van der Waals surface area (Å²) in [5.74, 6) is 2.16. The molecule has 2 saturated carbocycles. The Hall–Kier alpha value is -2.82. The molecule has 34 heavy (non-hydrogen) atoms. The maximum absolute atomic E-state index is 14.1. The van der Waals surface area contributed by atoms with E-state index in [1.165, 1.54) is 19.3 Å². The topological polar surface area (TPSA) is 47.4 Å². The van der Waals surface area contributed by atoms with Gasteiger partial charge < -0.3 is 14.2 Å². The van der Waals surface area contributed by atoms with E-state index in [1.54, 1.807) is 7.11 Å². The molecule has 180 valence electrons. The number of pyridine rings is 1. The average molecular weight is 460 g/mol. The van der Waals surface area contributed by atoms with Gasteiger partial charge in [-0.2, -0.15) is 0 Å². The van der Waals surface area contributed by atoms with Gasteiger partial charge in [-0.15, -0.1) is 0 Å². The molecule has 0 radical (unpaired) electrons. The minimum Gasteiger partial charge on any atom is -0.496 e. The van der Waals surface area contributed by atoms with E-state index < -0.39 is 0 Å². The Morgan fingerprint density at radius 1 is 1.06 bits per heavy atom. The number of rotatable bonds is 6. The summed E-state index contributed by atoms with van der Waals surface area (Å²) < 4.78 is 7.98. The van der Waals surface area contributed by atoms with Crippen molar-refractivity contribution in [2.24, 2.45) is 11.8 Å². The fourth-order valence-electron chi connectivity index (χ4n) is 6.45. The fraction of sp³-hybridized carbons (Fsp3) is 0.517. The second-order valence-corrected chi connectivity index (χ2v) is 10.6. The monoisotopic (exact) mass is 459 g/mol. The number of amides is 1. The molecule has 2 aromatic heterocycles. The van der Waals surface area contributed by atoms with Gasteiger partial charge in [-0.25, -0.2) is 0 Å². The Bertz CT molecular complexity index is 1140. The van der Waals surface area contributed by atoms with Crippen molar-refractivity contribution in [2.45, 2.75) is 77.4 Å². The van der Waals surface area contributed by atoms with Crippen LogP contribution >= 0.6 is 0 Å². The maximum atomic E-state index is 14.1. The molecule has 2 atom stereocenters. The van der Waals surface area contributed by atoms with E-state index in [-0.39, 0.29) is 5.91 Å². The Balaban J connectivity index is 1.43. The molecule has 0 bridgehead atoms. The standard InChI is InChI=1S/C29H37N3O2/c1-20-15-21(2)17-24(16-20)32(23-7-4-5-8-23)29(33)25-11-10-22(18-28(25)34-3)19-31-14-12-26-27(31)9-6-13-30-26/h6,9-14,18,20-21,23-24H,4-5,7-8,15-17,19H2,1-3H3. The van der Waals surface area contributed by atoms with E-state index in [4.69, 9.17) is 4.74 Å². The van der Waals surface area contributed by atoms with Gasteiger partial charge >= 0.3 is 0 Å². The van der Waals surface area contributed by atoms with Crippen molar-refractivity contribution in [1.82, 2.24) is 14.5 Å². The van der Waals surface area contributed by atoms with Crippen molar-refractivity contribution in [1.29, 1.82) is 0 Å². The lowest BCUT2D eigenvalue weighted by Crippen LogP contribution is -2.49. The number of nitrogens with zero attached hydrogens (tertiary/aromatic N) is 3. The number of carbonyl (C=O) groups excluding carboxylic acids is 1. The number of ether oxygens (including phenoxy) is 1. The second-order valence-electron chi connectivity index (χ2n) is 10.6. The Morgan fingerprint density at radius 2 is 1.82 bits per heavy atom. The van der Waals surface area contributed by atoms with Crippen LogP contribution in [0, 0.1) is 11.8 Å². The molecule has 2 aliphatic carbocycles. The van der Waals surface area contributed by atoms with Crippen LogP contribution in [-0.2, 0) is 6.54 Å². The van der Waals surface area contributed by atoms with Crippen LogP contribution in [0.15, 0.2) is 48.8 Å². The SMILES string of the molecule is COc1cc(Cn2ccc3ncccc32)ccc1C(=O)N(C1CCCC1)C1CC(C)CC(C)C1. The van der Waals surface area contributed by atoms with Crippen LogP contribution < -0.4 is 4.74 Å². The highest BCUT2D eigenvalue weighted by Crippen LogP contribution is 2.37. The van der Waals surface area contributed by atoms with Gasteiger partial charge in [-0.3, -0.25) is 9.78 Å². The number of benzene rings is 1. The summed E-state index contributed by atoms with van der Waals surface area (Å²) in [5.41, 5.74) is 3.91. The third-order valence-corrected chi connectivity index (χ3v) is 7.89. The van der Waals surface area contributed by atoms with Crippen LogP contribution in [0.2, 0.25) is 0 Å². The summed E-state index contributed by atoms with van der Waals surface area (Å²) in [4.78, 5) is 20.8. The molecular weight excluding hydrogens is 422 g/mol. The quantitative estimate of drug-likeness (QED) is 0.434. The van der Waals surface area contributed by atoms with Crippen LogP contribution in [0.4, 0.5) is 0 Å². The Morgan fingerprint density at radius 3 is 2.56 bits per heavy atom. The molecule has 2 aliphatic rings. The van der Waals surface area contributed by atoms with E-state index >= 15 is 0 Å². The number of hydrogen-bond donors (Lipinski definition) is 0. The van der Waals surface area contributed by atoms with Gasteiger partial charge in [0.05, 0.1) is 23.7 Å². The normalized spacial score (nSPS) is 23.3. The lowest BCUT2D eigenvalue weighted by molar-refractivity contribution is 0.0426. The van der Waals surface area contributed by atoms with Crippen molar-refractivity contribution in [2.75, 3.05) is 7.11 Å². The molecule has 0 spiro atoms. The molecule has 5 heteroatoms. The number of aromatic nitrogens is 2. The maximum Gasteiger partial charge on any atom is 0.258 e. The minimum atomic E-state index is 0.150. The molecule has 2 unspecified atom stereocenters. The molecule has 5 nitrogen and oxygen atoms in total. The van der Waals surface area contributed by atoms with E-state index in [0.717, 1.165) is 42.3 Å². The van der Waals surface area contributed by atoms with Gasteiger partial charge in [0, 0.05) is 31.0 Å². The first kappa shape index (κ1) is 22.9. The predicted octanol–water partition coefficient (Wildman–Crippen LogP) is 6.30. The van der Waals surface area contributed by atoms with Gasteiger partial charge in [0.25, 0.3) is 5.91 Å². The molecule has 2 fully saturated rings. The van der Waals surface area contributed by atoms with Crippen LogP contribution in [0.1, 0.15) is 74.7 Å². The molecule has 0 saturated heterocycles. The van der Waals surface area contributed by atoms with Crippen molar-refractivity contribution in [3.63, 3.8) is 0 Å². The Kier molecular flexibility index (Phi) is 6.62. The van der Waals surface area contributed by atoms with E-state index in [0.29, 0.717) is 41.8 Å². The largest absolute Gasteiger partial charge is 0.496 e. The first-order chi connectivity index (χ1) is 16.5. The smallest absolute Gasteiger partial charge is 0.258 e. The molecule has 3 aromatic rings. The first-order valence-corrected chi connectivity index (χ1v) is 12.9. The second kappa shape index (κ2) is 9.81. The van der Waals surface area contributed by atoms with Gasteiger partial charge in [0.1, 0.15) is 5.75 Å². The summed E-state index contributed by atoms with van der Waals surface area (Å²) in [6, 6.07) is 12.9. The van der Waals surface area contributed by atoms with Crippen LogP contribution in [0.5, 0.6) is 5.75 Å². The highest BCUT2D eigenvalue weighted by Gasteiger charge is 2.37. The summed E-state index contributed by atoms with van der Waals surface area (Å²) in [5, 5.41) is 0. The molecule has 0 N–H and O–H groups in total. The molecule has 2 heterocycles. The lowest BCUT2D eigenvalue weighted by atomic mass is 9.79. The summed E-state index contributed by atoms with van der Waals surface area (Å²) in [6.07, 6.45) is 12.1. The summed E-state index contributed by atoms with van der Waals surface area (Å²) >= 11 is 0. The molecule has 5 rings (SSSR count). The average Bonchev–Trinajstić information content (AvgIpc) is 3.49. The molecular formula is C29H37N3O2. The highest BCUT2D eigenvalue weighted by atomic mass is 16.5. The minimum absolute atomic E-state index is 0.150. The van der Waals surface area contributed by atoms with Crippen molar-refractivity contribution in [3.05, 3.63) is 59.9 Å². The molecule has 1 amide bonds. The predicted molar refractivity (Wildman–Crippen MR) is 136 cm³/mol. The summed E-state index contributed by atoms with van der Waals surface area (Å²) in [6.45, 7) is 5.40. The van der Waals surface area contributed by atoms with Crippen LogP contribution in [0.3, 0.4) is 0 Å². The number of methoxy groups -OCH3 is 1. The Labute approximate surface area is 203 Å². The zero-order chi connectivity index (χ0) is 23.7. The van der Waals surface area contributed by atoms with Crippen LogP contribution in [0.25, 0.3) is 11.0 Å². The van der Waals surface area contributed by atoms with E-state index in [2.05, 4.69) is 46.6 Å².